The zero-order chi connectivity index (χ0) is 18.0. The van der Waals surface area contributed by atoms with Gasteiger partial charge in [-0.15, -0.1) is 0 Å². The van der Waals surface area contributed by atoms with Gasteiger partial charge in [0.05, 0.1) is 0 Å². The molecule has 0 aromatic heterocycles. The minimum absolute atomic E-state index is 0. The minimum Gasteiger partial charge on any atom is -0.870 e. The van der Waals surface area contributed by atoms with Crippen LogP contribution in [-0.4, -0.2) is 261 Å². The molecule has 0 aliphatic carbocycles. The molecule has 0 spiro atoms. The van der Waals surface area contributed by atoms with Crippen molar-refractivity contribution in [3.05, 3.63) is 0 Å². The zero-order valence-corrected chi connectivity index (χ0v) is 32.0. The predicted octanol–water partition coefficient (Wildman–Crippen LogP) is -12.3. The van der Waals surface area contributed by atoms with E-state index in [1.165, 1.54) is 0 Å². The van der Waals surface area contributed by atoms with Crippen molar-refractivity contribution < 1.29 is 80.7 Å². The molecule has 27 heavy (non-hydrogen) atoms. The summed E-state index contributed by atoms with van der Waals surface area (Å²) in [6.07, 6.45) is 0. The number of rotatable bonds is 0. The summed E-state index contributed by atoms with van der Waals surface area (Å²) in [6.45, 7) is 0. The molecule has 0 saturated carbocycles. The van der Waals surface area contributed by atoms with Gasteiger partial charge < -0.3 is 72.3 Å². The second kappa shape index (κ2) is 36.2. The summed E-state index contributed by atoms with van der Waals surface area (Å²) in [5.41, 5.74) is 0. The molecule has 0 aliphatic rings. The number of phosphoric acid groups is 3. The van der Waals surface area contributed by atoms with Crippen molar-refractivity contribution in [2.24, 2.45) is 0 Å². The minimum atomic E-state index is -5.39. The Bertz CT molecular complexity index is 394. The van der Waals surface area contributed by atoms with Crippen LogP contribution in [0.3, 0.4) is 0 Å². The molecule has 0 aromatic rings. The first-order valence-electron chi connectivity index (χ1n) is 2.86. The molecule has 0 fully saturated rings. The van der Waals surface area contributed by atoms with Crippen LogP contribution in [0.1, 0.15) is 0 Å². The predicted molar refractivity (Wildman–Crippen MR) is 69.8 cm³/mol. The molecule has 0 heterocycles. The van der Waals surface area contributed by atoms with E-state index in [9.17, 15) is 0 Å². The smallest absolute Gasteiger partial charge is 0.870 e. The topological polar surface area (TPSA) is 369 Å². The van der Waals surface area contributed by atoms with Crippen LogP contribution in [-0.2, 0) is 24.1 Å². The third-order valence-corrected chi connectivity index (χ3v) is 0. The van der Waals surface area contributed by atoms with Gasteiger partial charge in [-0.1, -0.05) is 0 Å². The summed E-state index contributed by atoms with van der Waals surface area (Å²) in [6, 6.07) is 0. The molecule has 0 unspecified atom stereocenters. The summed E-state index contributed by atoms with van der Waals surface area (Å²) in [5.74, 6) is 0. The third kappa shape index (κ3) is 541. The van der Waals surface area contributed by atoms with E-state index in [1.807, 2.05) is 0 Å². The molecular weight excluding hydrogens is 735 g/mol. The first-order valence-corrected chi connectivity index (χ1v) is 8.57. The molecule has 17 nitrogen and oxygen atoms in total. The Morgan fingerprint density at radius 2 is 0.481 bits per heavy atom. The monoisotopic (exact) mass is 736 g/mol. The Hall–Kier alpha value is 8.03. The van der Waals surface area contributed by atoms with E-state index >= 15 is 0 Å². The molecule has 0 rings (SSSR count). The zero-order valence-electron chi connectivity index (χ0n) is 13.0. The van der Waals surface area contributed by atoms with Crippen LogP contribution >= 0.6 is 23.5 Å². The SMILES string of the molecule is O=P([O-])([O-])[O-].O=P([O-])([O-])[O-].O=P([O-])([O-])[O-].O=S(=O)([O-])[O-].[Ba+2].[Ca+2].[Ca+2].[Ca+2].[Ca+2].[Ca+2].[OH-]. The Balaban J connectivity index is -0.0000000129. The van der Waals surface area contributed by atoms with Gasteiger partial charge in [0, 0.05) is 10.4 Å². The van der Waals surface area contributed by atoms with E-state index in [0.717, 1.165) is 0 Å². The van der Waals surface area contributed by atoms with Crippen molar-refractivity contribution >= 4 is 271 Å². The normalized spacial score (nSPS) is 8.70. The summed E-state index contributed by atoms with van der Waals surface area (Å²) in [7, 11) is -21.3. The average molecular weight is 736 g/mol. The van der Waals surface area contributed by atoms with Crippen molar-refractivity contribution in [1.29, 1.82) is 0 Å². The van der Waals surface area contributed by atoms with Gasteiger partial charge in [-0.05, 0) is 0 Å². The Labute approximate surface area is 342 Å². The van der Waals surface area contributed by atoms with Gasteiger partial charge in [0.2, 0.25) is 0 Å². The van der Waals surface area contributed by atoms with Crippen LogP contribution < -0.4 is 44.0 Å². The molecule has 0 aromatic carbocycles. The maximum atomic E-state index is 8.55. The van der Waals surface area contributed by atoms with Crippen molar-refractivity contribution in [2.45, 2.75) is 0 Å². The standard InChI is InChI=1S/Ba.5Ca.3H3O4P.H2O4S.H2O/c;;;;;;4*1-5(2,3)4;/h;;;;;;3*(H3,1,2,3,4);(H2,1,2,3,4);1H2/q6*+2;;;;;/p-12. The Kier molecular flexibility index (Phi) is 94.2. The summed E-state index contributed by atoms with van der Waals surface area (Å²) in [5, 5.41) is 0. The van der Waals surface area contributed by atoms with Crippen molar-refractivity contribution in [2.75, 3.05) is 0 Å². The molecule has 136 valence electrons. The van der Waals surface area contributed by atoms with Gasteiger partial charge >= 0.3 is 238 Å². The van der Waals surface area contributed by atoms with Crippen molar-refractivity contribution in [3.63, 3.8) is 0 Å². The van der Waals surface area contributed by atoms with E-state index in [-0.39, 0.29) is 243 Å². The Morgan fingerprint density at radius 3 is 0.481 bits per heavy atom. The molecule has 0 bridgehead atoms. The second-order valence-electron chi connectivity index (χ2n) is 1.75. The van der Waals surface area contributed by atoms with Gasteiger partial charge in [0.15, 0.2) is 0 Å². The molecule has 0 saturated heterocycles. The van der Waals surface area contributed by atoms with Crippen molar-refractivity contribution in [3.8, 4) is 0 Å². The maximum absolute atomic E-state index is 8.55. The summed E-state index contributed by atoms with van der Waals surface area (Å²) < 4.78 is 59.7. The summed E-state index contributed by atoms with van der Waals surface area (Å²) >= 11 is 0. The number of hydrogen-bond donors (Lipinski definition) is 0. The second-order valence-corrected chi connectivity index (χ2v) is 5.25. The van der Waals surface area contributed by atoms with Crippen LogP contribution in [0.2, 0.25) is 0 Å². The molecule has 27 heteroatoms. The van der Waals surface area contributed by atoms with Crippen LogP contribution in [0.25, 0.3) is 0 Å². The molecule has 1 N–H and O–H groups in total. The van der Waals surface area contributed by atoms with Crippen LogP contribution in [0, 0.1) is 0 Å². The van der Waals surface area contributed by atoms with Gasteiger partial charge in [-0.3, -0.25) is 8.42 Å². The number of hydrogen-bond acceptors (Lipinski definition) is 17. The molecule has 0 aliphatic heterocycles. The first-order chi connectivity index (χ1) is 8.00. The quantitative estimate of drug-likeness (QED) is 0.0964. The summed E-state index contributed by atoms with van der Waals surface area (Å²) in [4.78, 5) is 76.9. The third-order valence-electron chi connectivity index (χ3n) is 0. The van der Waals surface area contributed by atoms with E-state index in [2.05, 4.69) is 0 Å². The largest absolute Gasteiger partial charge is 2.00 e. The fraction of sp³-hybridized carbons (Fsp3) is 0. The fourth-order valence-corrected chi connectivity index (χ4v) is 0. The van der Waals surface area contributed by atoms with Crippen LogP contribution in [0.15, 0.2) is 0 Å². The molecule has 0 amide bonds. The van der Waals surface area contributed by atoms with Crippen LogP contribution in [0.4, 0.5) is 0 Å². The average Bonchev–Trinajstić information content (AvgIpc) is 1.62. The van der Waals surface area contributed by atoms with E-state index in [0.29, 0.717) is 0 Å². The van der Waals surface area contributed by atoms with Gasteiger partial charge in [0.1, 0.15) is 0 Å². The molecule has 0 radical (unpaired) electrons. The first kappa shape index (κ1) is 70.3. The van der Waals surface area contributed by atoms with Gasteiger partial charge in [0.25, 0.3) is 0 Å². The molecular formula is HBaCa5O17P3S. The molecule has 0 atom stereocenters. The van der Waals surface area contributed by atoms with Crippen molar-refractivity contribution in [1.82, 2.24) is 0 Å². The van der Waals surface area contributed by atoms with Gasteiger partial charge in [-0.2, -0.15) is 23.5 Å². The van der Waals surface area contributed by atoms with Crippen LogP contribution in [0.5, 0.6) is 0 Å². The van der Waals surface area contributed by atoms with E-state index in [4.69, 9.17) is 75.3 Å². The van der Waals surface area contributed by atoms with E-state index < -0.39 is 33.9 Å². The Morgan fingerprint density at radius 1 is 0.481 bits per heavy atom. The fourth-order valence-electron chi connectivity index (χ4n) is 0. The van der Waals surface area contributed by atoms with E-state index in [1.54, 1.807) is 0 Å². The van der Waals surface area contributed by atoms with Gasteiger partial charge in [-0.25, -0.2) is 0 Å². The maximum Gasteiger partial charge on any atom is 2.00 e.